The van der Waals surface area contributed by atoms with E-state index in [1.165, 1.54) is 33.6 Å². The van der Waals surface area contributed by atoms with E-state index in [9.17, 15) is 14.4 Å². The fourth-order valence-electron chi connectivity index (χ4n) is 6.94. The molecule has 0 spiro atoms. The van der Waals surface area contributed by atoms with Crippen LogP contribution in [0.5, 0.6) is 0 Å². The third-order valence-electron chi connectivity index (χ3n) is 9.06. The minimum Gasteiger partial charge on any atom is -0.368 e. The van der Waals surface area contributed by atoms with Gasteiger partial charge in [-0.25, -0.2) is 4.98 Å². The first-order valence-electron chi connectivity index (χ1n) is 14.1. The van der Waals surface area contributed by atoms with E-state index in [2.05, 4.69) is 51.6 Å². The zero-order valence-electron chi connectivity index (χ0n) is 23.0. The predicted molar refractivity (Wildman–Crippen MR) is 165 cm³/mol. The first-order valence-corrected chi connectivity index (χ1v) is 15.4. The highest BCUT2D eigenvalue weighted by atomic mass is 35.5. The van der Waals surface area contributed by atoms with E-state index in [-0.39, 0.29) is 23.4 Å². The van der Waals surface area contributed by atoms with Gasteiger partial charge in [-0.2, -0.15) is 0 Å². The molecule has 42 heavy (non-hydrogen) atoms. The summed E-state index contributed by atoms with van der Waals surface area (Å²) >= 11 is 7.17. The smallest absolute Gasteiger partial charge is 0.296 e. The number of thiazole rings is 1. The van der Waals surface area contributed by atoms with Crippen molar-refractivity contribution in [3.05, 3.63) is 111 Å². The molecule has 1 fully saturated rings. The number of benzene rings is 3. The first kappa shape index (κ1) is 26.9. The maximum Gasteiger partial charge on any atom is 0.296 e. The number of halogens is 1. The van der Waals surface area contributed by atoms with Gasteiger partial charge in [0.1, 0.15) is 5.69 Å². The number of anilines is 2. The number of amides is 2. The molecule has 0 radical (unpaired) electrons. The Bertz CT molecular complexity index is 1660. The van der Waals surface area contributed by atoms with E-state index < -0.39 is 17.1 Å². The Morgan fingerprint density at radius 3 is 2.10 bits per heavy atom. The van der Waals surface area contributed by atoms with E-state index in [0.29, 0.717) is 42.8 Å². The number of aromatic nitrogens is 1. The lowest BCUT2D eigenvalue weighted by Gasteiger charge is -2.50. The molecule has 8 rings (SSSR count). The van der Waals surface area contributed by atoms with Gasteiger partial charge in [-0.1, -0.05) is 60.1 Å². The van der Waals surface area contributed by atoms with Crippen LogP contribution < -0.4 is 10.2 Å². The van der Waals surface area contributed by atoms with Crippen molar-refractivity contribution in [1.82, 2.24) is 9.88 Å². The lowest BCUT2D eigenvalue weighted by Crippen LogP contribution is -2.50. The molecule has 1 aromatic heterocycles. The quantitative estimate of drug-likeness (QED) is 0.227. The summed E-state index contributed by atoms with van der Waals surface area (Å²) in [6.07, 6.45) is 0.690. The number of fused-ring (bicyclic) bond motifs is 1. The van der Waals surface area contributed by atoms with Crippen LogP contribution in [0.1, 0.15) is 57.9 Å². The summed E-state index contributed by atoms with van der Waals surface area (Å²) < 4.78 is 0. The topological polar surface area (TPSA) is 82.6 Å². The van der Waals surface area contributed by atoms with Gasteiger partial charge in [-0.05, 0) is 59.9 Å². The van der Waals surface area contributed by atoms with Crippen LogP contribution in [0.15, 0.2) is 78.2 Å². The maximum atomic E-state index is 13.9. The molecule has 3 aliphatic carbocycles. The van der Waals surface area contributed by atoms with Gasteiger partial charge in [0, 0.05) is 54.1 Å². The second-order valence-electron chi connectivity index (χ2n) is 11.4. The first-order chi connectivity index (χ1) is 20.3. The molecule has 7 nitrogen and oxygen atoms in total. The summed E-state index contributed by atoms with van der Waals surface area (Å²) in [7, 11) is 0. The molecule has 1 atom stereocenters. The van der Waals surface area contributed by atoms with E-state index in [1.807, 2.05) is 43.3 Å². The molecule has 1 N–H and O–H groups in total. The van der Waals surface area contributed by atoms with Crippen LogP contribution >= 0.6 is 22.9 Å². The number of Topliss-reactive ketones (excluding diaryl/α,β-unsaturated/α-hetero) is 1. The molecule has 1 saturated heterocycles. The molecule has 4 aromatic rings. The number of ketones is 1. The van der Waals surface area contributed by atoms with Gasteiger partial charge >= 0.3 is 0 Å². The van der Waals surface area contributed by atoms with Crippen LogP contribution in [0.2, 0.25) is 5.02 Å². The molecule has 4 aliphatic rings. The van der Waals surface area contributed by atoms with E-state index in [0.717, 1.165) is 5.69 Å². The van der Waals surface area contributed by atoms with Crippen LogP contribution in [0.25, 0.3) is 0 Å². The molecule has 0 saturated carbocycles. The Balaban J connectivity index is 1.04. The molecule has 1 aliphatic heterocycles. The summed E-state index contributed by atoms with van der Waals surface area (Å²) in [5.41, 5.74) is 5.38. The second-order valence-corrected chi connectivity index (χ2v) is 12.7. The molecular formula is C33H29ClN4O3S. The van der Waals surface area contributed by atoms with Gasteiger partial charge in [0.2, 0.25) is 5.91 Å². The molecule has 1 unspecified atom stereocenters. The maximum absolute atomic E-state index is 13.9. The largest absolute Gasteiger partial charge is 0.368 e. The zero-order valence-corrected chi connectivity index (χ0v) is 24.6. The number of rotatable bonds is 5. The highest BCUT2D eigenvalue weighted by molar-refractivity contribution is 7.14. The third-order valence-corrected chi connectivity index (χ3v) is 10.1. The summed E-state index contributed by atoms with van der Waals surface area (Å²) in [5.74, 6) is -1.29. The standard InChI is InChI=1S/C33H29ClN4O3S/c1-33(18-26-22-6-2-4-8-24(22)28(33)25-9-5-3-7-23(25)26)31(41)36-32-35-27(19-42-32)29(39)30(40)38-16-14-37(15-17-38)21-12-10-20(34)11-13-21/h2-13,19,26,28H,14-18H2,1H3,(H,35,36,41). The van der Waals surface area contributed by atoms with Gasteiger partial charge in [-0.15, -0.1) is 11.3 Å². The molecule has 212 valence electrons. The van der Waals surface area contributed by atoms with Crippen LogP contribution in [0.3, 0.4) is 0 Å². The minimum absolute atomic E-state index is 0.0615. The van der Waals surface area contributed by atoms with Crippen LogP contribution in [0, 0.1) is 5.41 Å². The highest BCUT2D eigenvalue weighted by Gasteiger charge is 2.54. The monoisotopic (exact) mass is 596 g/mol. The van der Waals surface area contributed by atoms with Gasteiger partial charge in [-0.3, -0.25) is 14.4 Å². The van der Waals surface area contributed by atoms with Crippen molar-refractivity contribution in [3.63, 3.8) is 0 Å². The number of nitrogens with zero attached hydrogens (tertiary/aromatic N) is 3. The molecule has 2 amide bonds. The average molecular weight is 597 g/mol. The summed E-state index contributed by atoms with van der Waals surface area (Å²) in [6, 6.07) is 24.4. The fraction of sp³-hybridized carbons (Fsp3) is 0.273. The van der Waals surface area contributed by atoms with E-state index in [1.54, 1.807) is 10.3 Å². The average Bonchev–Trinajstić information content (AvgIpc) is 3.49. The minimum atomic E-state index is -0.692. The summed E-state index contributed by atoms with van der Waals surface area (Å²) in [5, 5.41) is 5.55. The molecular weight excluding hydrogens is 568 g/mol. The lowest BCUT2D eigenvalue weighted by atomic mass is 9.52. The van der Waals surface area contributed by atoms with Gasteiger partial charge < -0.3 is 15.1 Å². The van der Waals surface area contributed by atoms with Gasteiger partial charge in [0.15, 0.2) is 5.13 Å². The number of piperazine rings is 1. The number of hydrogen-bond donors (Lipinski definition) is 1. The Labute approximate surface area is 253 Å². The van der Waals surface area contributed by atoms with Crippen molar-refractivity contribution in [1.29, 1.82) is 0 Å². The fourth-order valence-corrected chi connectivity index (χ4v) is 7.75. The second kappa shape index (κ2) is 10.4. The Kier molecular flexibility index (Phi) is 6.63. The molecule has 2 heterocycles. The normalized spacial score (nSPS) is 22.3. The van der Waals surface area contributed by atoms with Crippen molar-refractivity contribution < 1.29 is 14.4 Å². The van der Waals surface area contributed by atoms with Crippen molar-refractivity contribution in [3.8, 4) is 0 Å². The van der Waals surface area contributed by atoms with Crippen LogP contribution in [-0.4, -0.2) is 53.7 Å². The van der Waals surface area contributed by atoms with Crippen LogP contribution in [-0.2, 0) is 9.59 Å². The van der Waals surface area contributed by atoms with E-state index >= 15 is 0 Å². The van der Waals surface area contributed by atoms with Crippen molar-refractivity contribution in [2.45, 2.75) is 25.2 Å². The molecule has 9 heteroatoms. The summed E-state index contributed by atoms with van der Waals surface area (Å²) in [6.45, 7) is 4.13. The van der Waals surface area contributed by atoms with Crippen molar-refractivity contribution >= 4 is 51.4 Å². The predicted octanol–water partition coefficient (Wildman–Crippen LogP) is 5.95. The number of hydrogen-bond acceptors (Lipinski definition) is 6. The van der Waals surface area contributed by atoms with E-state index in [4.69, 9.17) is 11.6 Å². The highest BCUT2D eigenvalue weighted by Crippen LogP contribution is 2.61. The third kappa shape index (κ3) is 4.41. The Hall–Kier alpha value is -4.01. The Morgan fingerprint density at radius 2 is 1.48 bits per heavy atom. The zero-order chi connectivity index (χ0) is 29.0. The summed E-state index contributed by atoms with van der Waals surface area (Å²) in [4.78, 5) is 48.2. The van der Waals surface area contributed by atoms with Crippen molar-refractivity contribution in [2.24, 2.45) is 5.41 Å². The molecule has 2 bridgehead atoms. The Morgan fingerprint density at radius 1 is 0.881 bits per heavy atom. The number of carbonyl (C=O) groups excluding carboxylic acids is 3. The van der Waals surface area contributed by atoms with Gasteiger partial charge in [0.25, 0.3) is 11.7 Å². The molecule has 3 aromatic carbocycles. The SMILES string of the molecule is CC1(C(=O)Nc2nc(C(=O)C(=O)N3CCN(c4ccc(Cl)cc4)CC3)cs2)CC2c3ccccc3C1c1ccccc12. The lowest BCUT2D eigenvalue weighted by molar-refractivity contribution is -0.127. The van der Waals surface area contributed by atoms with Gasteiger partial charge in [0.05, 0.1) is 5.41 Å². The number of nitrogens with one attached hydrogen (secondary N) is 1. The van der Waals surface area contributed by atoms with Crippen LogP contribution in [0.4, 0.5) is 10.8 Å². The van der Waals surface area contributed by atoms with Crippen molar-refractivity contribution in [2.75, 3.05) is 36.4 Å². The number of carbonyl (C=O) groups is 3.